The average molecular weight is 405 g/mol. The molecule has 3 aromatic rings. The van der Waals surface area contributed by atoms with E-state index in [4.69, 9.17) is 24.0 Å². The van der Waals surface area contributed by atoms with Gasteiger partial charge in [0.05, 0.1) is 32.1 Å². The van der Waals surface area contributed by atoms with E-state index in [0.29, 0.717) is 22.6 Å². The molecule has 1 heterocycles. The molecule has 2 aromatic carbocycles. The first kappa shape index (κ1) is 20.8. The zero-order valence-corrected chi connectivity index (χ0v) is 16.4. The van der Waals surface area contributed by atoms with Gasteiger partial charge in [0.25, 0.3) is 0 Å². The standard InChI is InChI=1S/C22H19N3O5/c1-26-13-17(14-28-27-2)18-8-4-6-10-20(18)30-22-11-21(24-15-25-22)29-19-9-5-3-7-16(19)12-23/h3-11,13,15H,14H2,1-2H3. The van der Waals surface area contributed by atoms with Gasteiger partial charge >= 0.3 is 0 Å². The Morgan fingerprint density at radius 2 is 1.63 bits per heavy atom. The third-order valence-corrected chi connectivity index (χ3v) is 3.88. The van der Waals surface area contributed by atoms with Gasteiger partial charge in [-0.1, -0.05) is 30.3 Å². The molecule has 8 nitrogen and oxygen atoms in total. The molecule has 0 atom stereocenters. The van der Waals surface area contributed by atoms with Crippen LogP contribution in [0.3, 0.4) is 0 Å². The van der Waals surface area contributed by atoms with E-state index < -0.39 is 0 Å². The quantitative estimate of drug-likeness (QED) is 0.292. The summed E-state index contributed by atoms with van der Waals surface area (Å²) in [6, 6.07) is 17.9. The molecule has 1 aromatic heterocycles. The van der Waals surface area contributed by atoms with Crippen LogP contribution in [0.15, 0.2) is 67.2 Å². The van der Waals surface area contributed by atoms with E-state index in [0.717, 1.165) is 5.56 Å². The molecule has 0 unspecified atom stereocenters. The topological polar surface area (TPSA) is 95.7 Å². The van der Waals surface area contributed by atoms with Crippen LogP contribution < -0.4 is 9.47 Å². The van der Waals surface area contributed by atoms with Crippen molar-refractivity contribution in [3.05, 3.63) is 78.3 Å². The van der Waals surface area contributed by atoms with Crippen LogP contribution in [0, 0.1) is 11.3 Å². The third-order valence-electron chi connectivity index (χ3n) is 3.88. The highest BCUT2D eigenvalue weighted by Crippen LogP contribution is 2.31. The highest BCUT2D eigenvalue weighted by atomic mass is 17.2. The van der Waals surface area contributed by atoms with E-state index in [1.165, 1.54) is 19.5 Å². The lowest BCUT2D eigenvalue weighted by molar-refractivity contribution is -0.261. The van der Waals surface area contributed by atoms with Crippen molar-refractivity contribution in [2.24, 2.45) is 0 Å². The van der Waals surface area contributed by atoms with Gasteiger partial charge in [0.1, 0.15) is 30.5 Å². The number of ether oxygens (including phenoxy) is 3. The Labute approximate surface area is 173 Å². The summed E-state index contributed by atoms with van der Waals surface area (Å²) >= 11 is 0. The summed E-state index contributed by atoms with van der Waals surface area (Å²) in [4.78, 5) is 18.0. The van der Waals surface area contributed by atoms with Crippen molar-refractivity contribution in [2.75, 3.05) is 20.8 Å². The van der Waals surface area contributed by atoms with Crippen LogP contribution in [0.1, 0.15) is 11.1 Å². The monoisotopic (exact) mass is 405 g/mol. The lowest BCUT2D eigenvalue weighted by Crippen LogP contribution is -2.00. The van der Waals surface area contributed by atoms with E-state index in [1.807, 2.05) is 18.2 Å². The Morgan fingerprint density at radius 3 is 2.33 bits per heavy atom. The third kappa shape index (κ3) is 5.32. The Hall–Kier alpha value is -3.93. The number of aromatic nitrogens is 2. The van der Waals surface area contributed by atoms with Crippen LogP contribution in [0.2, 0.25) is 0 Å². The lowest BCUT2D eigenvalue weighted by Gasteiger charge is -2.13. The lowest BCUT2D eigenvalue weighted by atomic mass is 10.1. The molecule has 0 amide bonds. The van der Waals surface area contributed by atoms with Gasteiger partial charge in [-0.25, -0.2) is 19.7 Å². The number of para-hydroxylation sites is 2. The summed E-state index contributed by atoms with van der Waals surface area (Å²) in [5.41, 5.74) is 1.85. The second-order valence-electron chi connectivity index (χ2n) is 5.81. The molecule has 0 radical (unpaired) electrons. The molecule has 3 rings (SSSR count). The minimum Gasteiger partial charge on any atom is -0.504 e. The van der Waals surface area contributed by atoms with Crippen molar-refractivity contribution in [3.63, 3.8) is 0 Å². The average Bonchev–Trinajstić information content (AvgIpc) is 2.78. The number of rotatable bonds is 9. The summed E-state index contributed by atoms with van der Waals surface area (Å²) in [7, 11) is 2.98. The molecule has 0 aliphatic heterocycles. The van der Waals surface area contributed by atoms with Crippen LogP contribution in [0.4, 0.5) is 0 Å². The molecular formula is C22H19N3O5. The maximum absolute atomic E-state index is 9.21. The smallest absolute Gasteiger partial charge is 0.226 e. The molecule has 0 aliphatic rings. The normalized spacial score (nSPS) is 10.9. The summed E-state index contributed by atoms with van der Waals surface area (Å²) in [5.74, 6) is 1.44. The van der Waals surface area contributed by atoms with Crippen molar-refractivity contribution in [3.8, 4) is 29.3 Å². The van der Waals surface area contributed by atoms with Gasteiger partial charge in [-0.3, -0.25) is 0 Å². The van der Waals surface area contributed by atoms with E-state index >= 15 is 0 Å². The Morgan fingerprint density at radius 1 is 0.967 bits per heavy atom. The summed E-state index contributed by atoms with van der Waals surface area (Å²) in [6.07, 6.45) is 2.87. The summed E-state index contributed by atoms with van der Waals surface area (Å²) in [6.45, 7) is 0.161. The van der Waals surface area contributed by atoms with Gasteiger partial charge in [0.2, 0.25) is 11.8 Å². The van der Waals surface area contributed by atoms with Crippen LogP contribution in [0.5, 0.6) is 23.3 Å². The fraction of sp³-hybridized carbons (Fsp3) is 0.136. The zero-order valence-electron chi connectivity index (χ0n) is 16.4. The van der Waals surface area contributed by atoms with Crippen molar-refractivity contribution in [1.29, 1.82) is 5.26 Å². The molecule has 30 heavy (non-hydrogen) atoms. The first-order chi connectivity index (χ1) is 14.7. The number of methoxy groups -OCH3 is 1. The summed E-state index contributed by atoms with van der Waals surface area (Å²) < 4.78 is 16.8. The second kappa shape index (κ2) is 10.6. The second-order valence-corrected chi connectivity index (χ2v) is 5.81. The maximum Gasteiger partial charge on any atom is 0.226 e. The molecule has 0 aliphatic carbocycles. The van der Waals surface area contributed by atoms with Crippen LogP contribution >= 0.6 is 0 Å². The predicted octanol–water partition coefficient (Wildman–Crippen LogP) is 4.50. The fourth-order valence-corrected chi connectivity index (χ4v) is 2.57. The summed E-state index contributed by atoms with van der Waals surface area (Å²) in [5, 5.41) is 9.21. The van der Waals surface area contributed by atoms with Gasteiger partial charge < -0.3 is 14.2 Å². The van der Waals surface area contributed by atoms with Crippen molar-refractivity contribution in [1.82, 2.24) is 9.97 Å². The minimum absolute atomic E-state index is 0.161. The van der Waals surface area contributed by atoms with Gasteiger partial charge in [-0.15, -0.1) is 0 Å². The highest BCUT2D eigenvalue weighted by Gasteiger charge is 2.13. The van der Waals surface area contributed by atoms with E-state index in [9.17, 15) is 5.26 Å². The molecule has 0 saturated heterocycles. The number of nitriles is 1. The van der Waals surface area contributed by atoms with Crippen molar-refractivity contribution >= 4 is 5.57 Å². The Balaban J connectivity index is 1.85. The molecule has 0 N–H and O–H groups in total. The first-order valence-corrected chi connectivity index (χ1v) is 8.89. The van der Waals surface area contributed by atoms with Crippen LogP contribution in [0.25, 0.3) is 5.57 Å². The fourth-order valence-electron chi connectivity index (χ4n) is 2.57. The number of nitrogens with zero attached hydrogens (tertiary/aromatic N) is 3. The number of hydrogen-bond acceptors (Lipinski definition) is 8. The SMILES string of the molecule is COC=C(COOC)c1ccccc1Oc1cc(Oc2ccccc2C#N)ncn1. The molecular weight excluding hydrogens is 386 g/mol. The molecule has 0 fully saturated rings. The molecule has 0 bridgehead atoms. The number of hydrogen-bond donors (Lipinski definition) is 0. The van der Waals surface area contributed by atoms with Gasteiger partial charge in [0.15, 0.2) is 0 Å². The number of benzene rings is 2. The van der Waals surface area contributed by atoms with E-state index in [1.54, 1.807) is 43.7 Å². The molecule has 152 valence electrons. The van der Waals surface area contributed by atoms with Gasteiger partial charge in [-0.2, -0.15) is 5.26 Å². The predicted molar refractivity (Wildman–Crippen MR) is 108 cm³/mol. The van der Waals surface area contributed by atoms with Crippen molar-refractivity contribution in [2.45, 2.75) is 0 Å². The van der Waals surface area contributed by atoms with E-state index in [-0.39, 0.29) is 18.4 Å². The van der Waals surface area contributed by atoms with Gasteiger partial charge in [0, 0.05) is 11.1 Å². The first-order valence-electron chi connectivity index (χ1n) is 8.89. The van der Waals surface area contributed by atoms with Crippen LogP contribution in [-0.2, 0) is 14.5 Å². The van der Waals surface area contributed by atoms with Gasteiger partial charge in [-0.05, 0) is 18.2 Å². The van der Waals surface area contributed by atoms with E-state index in [2.05, 4.69) is 16.0 Å². The molecule has 8 heteroatoms. The molecule has 0 spiro atoms. The highest BCUT2D eigenvalue weighted by molar-refractivity contribution is 5.70. The Kier molecular flexibility index (Phi) is 7.33. The van der Waals surface area contributed by atoms with Crippen LogP contribution in [-0.4, -0.2) is 30.8 Å². The zero-order chi connectivity index (χ0) is 21.2. The maximum atomic E-state index is 9.21. The minimum atomic E-state index is 0.161. The Bertz CT molecular complexity index is 1060. The van der Waals surface area contributed by atoms with Crippen molar-refractivity contribution < 1.29 is 24.0 Å². The largest absolute Gasteiger partial charge is 0.504 e. The molecule has 0 saturated carbocycles.